The van der Waals surface area contributed by atoms with E-state index in [4.69, 9.17) is 11.6 Å². The summed E-state index contributed by atoms with van der Waals surface area (Å²) in [6, 6.07) is 6.90. The lowest BCUT2D eigenvalue weighted by Crippen LogP contribution is -2.32. The first-order chi connectivity index (χ1) is 7.99. The Bertz CT molecular complexity index is 362. The number of hydrogen-bond acceptors (Lipinski definition) is 2. The first-order valence-corrected chi connectivity index (χ1v) is 6.05. The summed E-state index contributed by atoms with van der Waals surface area (Å²) in [5.41, 5.74) is 0.645. The molecule has 0 aromatic heterocycles. The first-order valence-electron chi connectivity index (χ1n) is 5.67. The van der Waals surface area contributed by atoms with E-state index in [-0.39, 0.29) is 5.91 Å². The minimum Gasteiger partial charge on any atom is -0.352 e. The summed E-state index contributed by atoms with van der Waals surface area (Å²) in [7, 11) is 4.05. The molecule has 1 aromatic carbocycles. The van der Waals surface area contributed by atoms with Crippen LogP contribution in [0.15, 0.2) is 24.3 Å². The van der Waals surface area contributed by atoms with Gasteiger partial charge in [-0.25, -0.2) is 0 Å². The highest BCUT2D eigenvalue weighted by molar-refractivity contribution is 6.30. The fraction of sp³-hybridized carbons (Fsp3) is 0.462. The van der Waals surface area contributed by atoms with Crippen molar-refractivity contribution in [3.63, 3.8) is 0 Å². The average Bonchev–Trinajstić information content (AvgIpc) is 2.26. The van der Waals surface area contributed by atoms with Gasteiger partial charge in [0, 0.05) is 23.7 Å². The SMILES string of the molecule is C[C@@H](CNC(=O)c1ccc(Cl)cc1)CN(C)C. The van der Waals surface area contributed by atoms with Crippen molar-refractivity contribution >= 4 is 17.5 Å². The van der Waals surface area contributed by atoms with Crippen molar-refractivity contribution in [2.24, 2.45) is 5.92 Å². The molecule has 0 fully saturated rings. The summed E-state index contributed by atoms with van der Waals surface area (Å²) in [4.78, 5) is 13.9. The van der Waals surface area contributed by atoms with Gasteiger partial charge in [0.1, 0.15) is 0 Å². The quantitative estimate of drug-likeness (QED) is 0.874. The van der Waals surface area contributed by atoms with Gasteiger partial charge in [0.05, 0.1) is 0 Å². The Morgan fingerprint density at radius 3 is 2.47 bits per heavy atom. The van der Waals surface area contributed by atoms with Crippen LogP contribution in [0.5, 0.6) is 0 Å². The summed E-state index contributed by atoms with van der Waals surface area (Å²) in [6.45, 7) is 3.75. The molecule has 4 heteroatoms. The maximum atomic E-state index is 11.8. The van der Waals surface area contributed by atoms with Gasteiger partial charge >= 0.3 is 0 Å². The molecule has 0 aliphatic rings. The molecule has 0 aliphatic carbocycles. The molecular formula is C13H19ClN2O. The number of carbonyl (C=O) groups is 1. The third kappa shape index (κ3) is 5.20. The summed E-state index contributed by atoms with van der Waals surface area (Å²) in [5, 5.41) is 3.56. The number of benzene rings is 1. The van der Waals surface area contributed by atoms with Crippen molar-refractivity contribution < 1.29 is 4.79 Å². The van der Waals surface area contributed by atoms with Gasteiger partial charge in [0.15, 0.2) is 0 Å². The molecule has 0 unspecified atom stereocenters. The van der Waals surface area contributed by atoms with Crippen molar-refractivity contribution in [1.29, 1.82) is 0 Å². The Kier molecular flexibility index (Phi) is 5.45. The van der Waals surface area contributed by atoms with E-state index in [0.717, 1.165) is 6.54 Å². The Morgan fingerprint density at radius 2 is 1.94 bits per heavy atom. The molecule has 0 heterocycles. The molecule has 1 amide bonds. The lowest BCUT2D eigenvalue weighted by molar-refractivity contribution is 0.0946. The fourth-order valence-corrected chi connectivity index (χ4v) is 1.78. The predicted molar refractivity (Wildman–Crippen MR) is 71.5 cm³/mol. The normalized spacial score (nSPS) is 12.5. The Hall–Kier alpha value is -1.06. The van der Waals surface area contributed by atoms with Crippen LogP contribution in [0.25, 0.3) is 0 Å². The highest BCUT2D eigenvalue weighted by Gasteiger charge is 2.08. The van der Waals surface area contributed by atoms with Gasteiger partial charge in [-0.1, -0.05) is 18.5 Å². The van der Waals surface area contributed by atoms with Crippen LogP contribution in [0.2, 0.25) is 5.02 Å². The van der Waals surface area contributed by atoms with Gasteiger partial charge < -0.3 is 10.2 Å². The number of hydrogen-bond donors (Lipinski definition) is 1. The van der Waals surface area contributed by atoms with Gasteiger partial charge in [0.25, 0.3) is 5.91 Å². The smallest absolute Gasteiger partial charge is 0.251 e. The van der Waals surface area contributed by atoms with E-state index < -0.39 is 0 Å². The number of halogens is 1. The zero-order valence-electron chi connectivity index (χ0n) is 10.5. The van der Waals surface area contributed by atoms with Crippen molar-refractivity contribution in [3.8, 4) is 0 Å². The zero-order valence-corrected chi connectivity index (χ0v) is 11.3. The van der Waals surface area contributed by atoms with Crippen LogP contribution in [0.1, 0.15) is 17.3 Å². The second kappa shape index (κ2) is 6.62. The van der Waals surface area contributed by atoms with Crippen LogP contribution in [0.4, 0.5) is 0 Å². The van der Waals surface area contributed by atoms with E-state index in [9.17, 15) is 4.79 Å². The molecule has 1 aromatic rings. The number of nitrogens with zero attached hydrogens (tertiary/aromatic N) is 1. The monoisotopic (exact) mass is 254 g/mol. The van der Waals surface area contributed by atoms with Gasteiger partial charge in [-0.3, -0.25) is 4.79 Å². The van der Waals surface area contributed by atoms with Crippen LogP contribution in [0.3, 0.4) is 0 Å². The highest BCUT2D eigenvalue weighted by Crippen LogP contribution is 2.09. The van der Waals surface area contributed by atoms with E-state index in [2.05, 4.69) is 17.1 Å². The van der Waals surface area contributed by atoms with Crippen molar-refractivity contribution in [1.82, 2.24) is 10.2 Å². The lowest BCUT2D eigenvalue weighted by atomic mass is 10.1. The van der Waals surface area contributed by atoms with Gasteiger partial charge in [-0.2, -0.15) is 0 Å². The Labute approximate surface area is 108 Å². The zero-order chi connectivity index (χ0) is 12.8. The van der Waals surface area contributed by atoms with Crippen molar-refractivity contribution in [2.45, 2.75) is 6.92 Å². The molecule has 17 heavy (non-hydrogen) atoms. The Balaban J connectivity index is 2.42. The van der Waals surface area contributed by atoms with Crippen LogP contribution >= 0.6 is 11.6 Å². The molecule has 0 bridgehead atoms. The van der Waals surface area contributed by atoms with E-state index in [1.807, 2.05) is 14.1 Å². The molecule has 0 saturated carbocycles. The van der Waals surface area contributed by atoms with Crippen LogP contribution in [-0.4, -0.2) is 38.0 Å². The minimum absolute atomic E-state index is 0.0488. The molecule has 94 valence electrons. The topological polar surface area (TPSA) is 32.3 Å². The standard InChI is InChI=1S/C13H19ClN2O/c1-10(9-16(2)3)8-15-13(17)11-4-6-12(14)7-5-11/h4-7,10H,8-9H2,1-3H3,(H,15,17)/t10-/m0/s1. The maximum Gasteiger partial charge on any atom is 0.251 e. The number of nitrogens with one attached hydrogen (secondary N) is 1. The van der Waals surface area contributed by atoms with Crippen molar-refractivity contribution in [3.05, 3.63) is 34.9 Å². The second-order valence-corrected chi connectivity index (χ2v) is 5.02. The number of amides is 1. The summed E-state index contributed by atoms with van der Waals surface area (Å²) in [5.74, 6) is 0.383. The Morgan fingerprint density at radius 1 is 1.35 bits per heavy atom. The van der Waals surface area contributed by atoms with Crippen LogP contribution < -0.4 is 5.32 Å². The molecule has 0 radical (unpaired) electrons. The predicted octanol–water partition coefficient (Wildman–Crippen LogP) is 2.27. The summed E-state index contributed by atoms with van der Waals surface area (Å²) >= 11 is 5.76. The summed E-state index contributed by atoms with van der Waals surface area (Å²) < 4.78 is 0. The molecule has 1 rings (SSSR count). The van der Waals surface area contributed by atoms with E-state index in [1.54, 1.807) is 24.3 Å². The van der Waals surface area contributed by atoms with Crippen LogP contribution in [-0.2, 0) is 0 Å². The molecule has 1 atom stereocenters. The largest absolute Gasteiger partial charge is 0.352 e. The maximum absolute atomic E-state index is 11.8. The molecular weight excluding hydrogens is 236 g/mol. The lowest BCUT2D eigenvalue weighted by Gasteiger charge is -2.17. The average molecular weight is 255 g/mol. The van der Waals surface area contributed by atoms with Gasteiger partial charge in [-0.15, -0.1) is 0 Å². The van der Waals surface area contributed by atoms with E-state index >= 15 is 0 Å². The van der Waals surface area contributed by atoms with Gasteiger partial charge in [0.2, 0.25) is 0 Å². The van der Waals surface area contributed by atoms with Crippen LogP contribution in [0, 0.1) is 5.92 Å². The first kappa shape index (κ1) is 14.0. The third-order valence-corrected chi connectivity index (χ3v) is 2.65. The van der Waals surface area contributed by atoms with Crippen molar-refractivity contribution in [2.75, 3.05) is 27.2 Å². The fourth-order valence-electron chi connectivity index (χ4n) is 1.66. The molecule has 1 N–H and O–H groups in total. The van der Waals surface area contributed by atoms with E-state index in [1.165, 1.54) is 0 Å². The minimum atomic E-state index is -0.0488. The molecule has 0 saturated heterocycles. The highest BCUT2D eigenvalue weighted by atomic mass is 35.5. The van der Waals surface area contributed by atoms with E-state index in [0.29, 0.717) is 23.0 Å². The molecule has 0 spiro atoms. The number of carbonyl (C=O) groups excluding carboxylic acids is 1. The molecule has 3 nitrogen and oxygen atoms in total. The van der Waals surface area contributed by atoms with Gasteiger partial charge in [-0.05, 0) is 44.3 Å². The molecule has 0 aliphatic heterocycles. The number of rotatable bonds is 5. The summed E-state index contributed by atoms with van der Waals surface area (Å²) in [6.07, 6.45) is 0. The second-order valence-electron chi connectivity index (χ2n) is 4.58. The third-order valence-electron chi connectivity index (χ3n) is 2.39.